The highest BCUT2D eigenvalue weighted by Gasteiger charge is 2.72. The number of fused-ring (bicyclic) bond motifs is 3. The van der Waals surface area contributed by atoms with E-state index in [0.717, 1.165) is 19.3 Å². The van der Waals surface area contributed by atoms with Gasteiger partial charge < -0.3 is 20.4 Å². The van der Waals surface area contributed by atoms with Crippen molar-refractivity contribution in [3.8, 4) is 0 Å². The zero-order valence-electron chi connectivity index (χ0n) is 15.5. The lowest BCUT2D eigenvalue weighted by Gasteiger charge is -2.66. The number of aliphatic hydroxyl groups is 4. The molecule has 4 fully saturated rings. The van der Waals surface area contributed by atoms with E-state index in [1.807, 2.05) is 0 Å². The summed E-state index contributed by atoms with van der Waals surface area (Å²) in [6.45, 7) is 8.39. The van der Waals surface area contributed by atoms with E-state index in [9.17, 15) is 20.4 Å². The zero-order valence-corrected chi connectivity index (χ0v) is 15.5. The van der Waals surface area contributed by atoms with Crippen molar-refractivity contribution in [2.45, 2.75) is 96.1 Å². The van der Waals surface area contributed by atoms with Crippen molar-refractivity contribution in [1.29, 1.82) is 0 Å². The number of hydrogen-bond acceptors (Lipinski definition) is 4. The van der Waals surface area contributed by atoms with Crippen LogP contribution in [0.5, 0.6) is 0 Å². The molecule has 0 aromatic carbocycles. The lowest BCUT2D eigenvalue weighted by Crippen LogP contribution is -2.63. The second-order valence-electron chi connectivity index (χ2n) is 10.9. The first kappa shape index (κ1) is 17.3. The fourth-order valence-corrected chi connectivity index (χ4v) is 8.48. The summed E-state index contributed by atoms with van der Waals surface area (Å²) < 4.78 is 0. The maximum absolute atomic E-state index is 11.2. The molecule has 4 N–H and O–H groups in total. The Hall–Kier alpha value is -0.160. The minimum atomic E-state index is -1.08. The Kier molecular flexibility index (Phi) is 3.29. The maximum Gasteiger partial charge on any atom is 0.0936 e. The van der Waals surface area contributed by atoms with Crippen molar-refractivity contribution < 1.29 is 20.4 Å². The van der Waals surface area contributed by atoms with Crippen molar-refractivity contribution in [3.63, 3.8) is 0 Å². The Bertz CT molecular complexity index is 554. The van der Waals surface area contributed by atoms with Crippen LogP contribution >= 0.6 is 0 Å². The summed E-state index contributed by atoms with van der Waals surface area (Å²) in [5.41, 5.74) is -2.53. The molecule has 4 rings (SSSR count). The smallest absolute Gasteiger partial charge is 0.0936 e. The molecule has 0 radical (unpaired) electrons. The molecule has 1 spiro atoms. The van der Waals surface area contributed by atoms with E-state index < -0.39 is 17.3 Å². The van der Waals surface area contributed by atoms with Crippen LogP contribution in [0.2, 0.25) is 0 Å². The third-order valence-electron chi connectivity index (χ3n) is 8.72. The Morgan fingerprint density at radius 1 is 0.875 bits per heavy atom. The molecule has 2 bridgehead atoms. The van der Waals surface area contributed by atoms with Crippen LogP contribution in [-0.2, 0) is 0 Å². The van der Waals surface area contributed by atoms with Gasteiger partial charge in [-0.05, 0) is 80.0 Å². The molecule has 4 saturated carbocycles. The molecule has 0 heterocycles. The third-order valence-corrected chi connectivity index (χ3v) is 8.72. The summed E-state index contributed by atoms with van der Waals surface area (Å²) in [5.74, 6) is 0.516. The molecule has 8 atom stereocenters. The molecule has 24 heavy (non-hydrogen) atoms. The lowest BCUT2D eigenvalue weighted by molar-refractivity contribution is -0.223. The van der Waals surface area contributed by atoms with Crippen molar-refractivity contribution in [2.75, 3.05) is 0 Å². The van der Waals surface area contributed by atoms with Gasteiger partial charge >= 0.3 is 0 Å². The van der Waals surface area contributed by atoms with Crippen molar-refractivity contribution in [2.24, 2.45) is 28.1 Å². The minimum absolute atomic E-state index is 0.0949. The predicted octanol–water partition coefficient (Wildman–Crippen LogP) is 2.23. The normalized spacial score (nSPS) is 62.0. The van der Waals surface area contributed by atoms with Gasteiger partial charge in [0, 0.05) is 0 Å². The molecule has 4 nitrogen and oxygen atoms in total. The van der Waals surface area contributed by atoms with E-state index in [-0.39, 0.29) is 28.3 Å². The SMILES string of the molecule is CC1(C)C[C@@H](O)C[C@]2(C)[C@@H]1[C@H](O)C[C@@]13C[C@@](O)(CC[C@H]12)[C@](C)(O)C3. The van der Waals surface area contributed by atoms with Gasteiger partial charge in [0.1, 0.15) is 0 Å². The Labute approximate surface area is 145 Å². The van der Waals surface area contributed by atoms with Gasteiger partial charge in [-0.3, -0.25) is 0 Å². The quantitative estimate of drug-likeness (QED) is 0.546. The van der Waals surface area contributed by atoms with E-state index in [4.69, 9.17) is 0 Å². The molecule has 0 aliphatic heterocycles. The van der Waals surface area contributed by atoms with Gasteiger partial charge in [-0.15, -0.1) is 0 Å². The van der Waals surface area contributed by atoms with Gasteiger partial charge in [-0.25, -0.2) is 0 Å². The van der Waals surface area contributed by atoms with Crippen molar-refractivity contribution >= 4 is 0 Å². The highest BCUT2D eigenvalue weighted by atomic mass is 16.4. The summed E-state index contributed by atoms with van der Waals surface area (Å²) in [4.78, 5) is 0. The number of rotatable bonds is 0. The molecular weight excluding hydrogens is 304 g/mol. The summed E-state index contributed by atoms with van der Waals surface area (Å²) in [6, 6.07) is 0. The highest BCUT2D eigenvalue weighted by molar-refractivity contribution is 5.22. The van der Waals surface area contributed by atoms with Crippen LogP contribution in [0.4, 0.5) is 0 Å². The molecule has 0 aromatic rings. The van der Waals surface area contributed by atoms with Gasteiger partial charge in [-0.1, -0.05) is 20.8 Å². The topological polar surface area (TPSA) is 80.9 Å². The van der Waals surface area contributed by atoms with Crippen LogP contribution < -0.4 is 0 Å². The standard InChI is InChI=1S/C20H34O4/c1-16(2)7-12(21)8-17(3)14-5-6-20(24)11-19(14,10-18(20,4)23)9-13(22)15(16)17/h12-15,21-24H,5-11H2,1-4H3/t12-,13-,14+,15-,17+,18-,19-,20+/m1/s1. The van der Waals surface area contributed by atoms with E-state index in [2.05, 4.69) is 20.8 Å². The van der Waals surface area contributed by atoms with Gasteiger partial charge in [0.05, 0.1) is 23.4 Å². The Morgan fingerprint density at radius 3 is 2.21 bits per heavy atom. The number of aliphatic hydroxyl groups excluding tert-OH is 2. The highest BCUT2D eigenvalue weighted by Crippen LogP contribution is 2.73. The fraction of sp³-hybridized carbons (Fsp3) is 1.00. The average molecular weight is 338 g/mol. The molecule has 0 unspecified atom stereocenters. The summed E-state index contributed by atoms with van der Waals surface area (Å²) in [5, 5.41) is 43.6. The molecule has 0 aromatic heterocycles. The second-order valence-corrected chi connectivity index (χ2v) is 10.9. The molecule has 4 aliphatic rings. The molecule has 4 heteroatoms. The van der Waals surface area contributed by atoms with E-state index in [0.29, 0.717) is 31.6 Å². The monoisotopic (exact) mass is 338 g/mol. The van der Waals surface area contributed by atoms with Crippen LogP contribution in [0.1, 0.15) is 72.6 Å². The summed E-state index contributed by atoms with van der Waals surface area (Å²) in [7, 11) is 0. The first-order valence-electron chi connectivity index (χ1n) is 9.66. The minimum Gasteiger partial charge on any atom is -0.393 e. The average Bonchev–Trinajstić information content (AvgIpc) is 2.46. The first-order chi connectivity index (χ1) is 10.9. The van der Waals surface area contributed by atoms with Crippen molar-refractivity contribution in [1.82, 2.24) is 0 Å². The third kappa shape index (κ3) is 1.94. The van der Waals surface area contributed by atoms with Crippen LogP contribution in [0, 0.1) is 28.1 Å². The van der Waals surface area contributed by atoms with E-state index in [1.54, 1.807) is 6.92 Å². The molecule has 4 aliphatic carbocycles. The Morgan fingerprint density at radius 2 is 1.54 bits per heavy atom. The number of hydrogen-bond donors (Lipinski definition) is 4. The second kappa shape index (κ2) is 4.57. The van der Waals surface area contributed by atoms with Gasteiger partial charge in [0.2, 0.25) is 0 Å². The Balaban J connectivity index is 1.81. The van der Waals surface area contributed by atoms with E-state index in [1.165, 1.54) is 0 Å². The molecule has 0 saturated heterocycles. The molecular formula is C20H34O4. The first-order valence-corrected chi connectivity index (χ1v) is 9.66. The van der Waals surface area contributed by atoms with E-state index >= 15 is 0 Å². The van der Waals surface area contributed by atoms with Gasteiger partial charge in [-0.2, -0.15) is 0 Å². The molecule has 0 amide bonds. The van der Waals surface area contributed by atoms with Crippen LogP contribution in [-0.4, -0.2) is 43.8 Å². The lowest BCUT2D eigenvalue weighted by atomic mass is 9.40. The zero-order chi connectivity index (χ0) is 17.8. The fourth-order valence-electron chi connectivity index (χ4n) is 8.48. The van der Waals surface area contributed by atoms with Crippen molar-refractivity contribution in [3.05, 3.63) is 0 Å². The summed E-state index contributed by atoms with van der Waals surface area (Å²) >= 11 is 0. The van der Waals surface area contributed by atoms with Crippen LogP contribution in [0.15, 0.2) is 0 Å². The maximum atomic E-state index is 11.2. The van der Waals surface area contributed by atoms with Crippen LogP contribution in [0.25, 0.3) is 0 Å². The molecule has 138 valence electrons. The largest absolute Gasteiger partial charge is 0.393 e. The summed E-state index contributed by atoms with van der Waals surface area (Å²) in [6.07, 6.45) is 4.06. The van der Waals surface area contributed by atoms with Gasteiger partial charge in [0.25, 0.3) is 0 Å². The predicted molar refractivity (Wildman–Crippen MR) is 91.2 cm³/mol. The van der Waals surface area contributed by atoms with Crippen LogP contribution in [0.3, 0.4) is 0 Å². The van der Waals surface area contributed by atoms with Gasteiger partial charge in [0.15, 0.2) is 0 Å².